The van der Waals surface area contributed by atoms with E-state index in [1.165, 1.54) is 24.3 Å². The second-order valence-corrected chi connectivity index (χ2v) is 6.10. The summed E-state index contributed by atoms with van der Waals surface area (Å²) in [6.07, 6.45) is 2.19. The van der Waals surface area contributed by atoms with Crippen molar-refractivity contribution in [3.8, 4) is 6.07 Å². The predicted molar refractivity (Wildman–Crippen MR) is 63.7 cm³/mol. The van der Waals surface area contributed by atoms with E-state index in [9.17, 15) is 8.42 Å². The molecule has 1 aliphatic rings. The fourth-order valence-electron chi connectivity index (χ4n) is 1.71. The van der Waals surface area contributed by atoms with Crippen LogP contribution in [-0.2, 0) is 10.0 Å². The summed E-state index contributed by atoms with van der Waals surface area (Å²) in [6, 6.07) is 7.88. The summed E-state index contributed by atoms with van der Waals surface area (Å²) in [5.74, 6) is 0.475. The molecule has 0 heterocycles. The molecule has 0 unspecified atom stereocenters. The van der Waals surface area contributed by atoms with Gasteiger partial charge in [0.2, 0.25) is 10.0 Å². The minimum absolute atomic E-state index is 0.0179. The van der Waals surface area contributed by atoms with Gasteiger partial charge in [-0.05, 0) is 49.9 Å². The molecule has 5 heteroatoms. The van der Waals surface area contributed by atoms with Gasteiger partial charge in [0, 0.05) is 6.04 Å². The minimum atomic E-state index is -3.45. The molecule has 0 amide bonds. The summed E-state index contributed by atoms with van der Waals surface area (Å²) in [4.78, 5) is 0.212. The van der Waals surface area contributed by atoms with Crippen LogP contribution in [0.5, 0.6) is 0 Å². The van der Waals surface area contributed by atoms with Gasteiger partial charge in [-0.15, -0.1) is 0 Å². The molecule has 1 atom stereocenters. The fraction of sp³-hybridized carbons (Fsp3) is 0.417. The largest absolute Gasteiger partial charge is 0.240 e. The van der Waals surface area contributed by atoms with Gasteiger partial charge in [-0.25, -0.2) is 13.1 Å². The van der Waals surface area contributed by atoms with E-state index in [1.807, 2.05) is 13.0 Å². The topological polar surface area (TPSA) is 70.0 Å². The molecule has 0 bridgehead atoms. The summed E-state index contributed by atoms with van der Waals surface area (Å²) in [7, 11) is -3.45. The molecule has 0 aromatic heterocycles. The number of hydrogen-bond donors (Lipinski definition) is 1. The lowest BCUT2D eigenvalue weighted by molar-refractivity contribution is 0.538. The smallest absolute Gasteiger partial charge is 0.208 e. The monoisotopic (exact) mass is 250 g/mol. The zero-order valence-electron chi connectivity index (χ0n) is 9.55. The molecule has 1 N–H and O–H groups in total. The third kappa shape index (κ3) is 2.84. The van der Waals surface area contributed by atoms with Crippen molar-refractivity contribution in [2.45, 2.75) is 30.7 Å². The van der Waals surface area contributed by atoms with E-state index < -0.39 is 10.0 Å². The van der Waals surface area contributed by atoms with Crippen molar-refractivity contribution < 1.29 is 8.42 Å². The van der Waals surface area contributed by atoms with Gasteiger partial charge in [-0.1, -0.05) is 0 Å². The van der Waals surface area contributed by atoms with Crippen molar-refractivity contribution in [3.63, 3.8) is 0 Å². The number of nitrogens with zero attached hydrogens (tertiary/aromatic N) is 1. The molecule has 1 aromatic carbocycles. The third-order valence-corrected chi connectivity index (χ3v) is 4.54. The highest BCUT2D eigenvalue weighted by Crippen LogP contribution is 2.32. The van der Waals surface area contributed by atoms with Crippen LogP contribution in [0, 0.1) is 17.2 Å². The number of nitriles is 1. The van der Waals surface area contributed by atoms with Gasteiger partial charge in [0.25, 0.3) is 0 Å². The summed E-state index contributed by atoms with van der Waals surface area (Å²) < 4.78 is 26.6. The molecule has 90 valence electrons. The molecule has 0 spiro atoms. The highest BCUT2D eigenvalue weighted by Gasteiger charge is 2.31. The van der Waals surface area contributed by atoms with Crippen LogP contribution in [0.15, 0.2) is 29.2 Å². The molecule has 17 heavy (non-hydrogen) atoms. The highest BCUT2D eigenvalue weighted by atomic mass is 32.2. The summed E-state index contributed by atoms with van der Waals surface area (Å²) in [6.45, 7) is 1.89. The molecule has 4 nitrogen and oxygen atoms in total. The Morgan fingerprint density at radius 1 is 1.35 bits per heavy atom. The SMILES string of the molecule is C[C@H](NS(=O)(=O)c1ccc(C#N)cc1)C1CC1. The molecule has 2 rings (SSSR count). The van der Waals surface area contributed by atoms with Crippen molar-refractivity contribution in [1.82, 2.24) is 4.72 Å². The zero-order chi connectivity index (χ0) is 12.5. The van der Waals surface area contributed by atoms with Crippen molar-refractivity contribution in [2.75, 3.05) is 0 Å². The molecule has 1 saturated carbocycles. The number of hydrogen-bond acceptors (Lipinski definition) is 3. The maximum absolute atomic E-state index is 12.0. The first-order chi connectivity index (χ1) is 8.03. The van der Waals surface area contributed by atoms with E-state index in [0.717, 1.165) is 12.8 Å². The molecule has 0 radical (unpaired) electrons. The molecular formula is C12H14N2O2S. The van der Waals surface area contributed by atoms with E-state index in [2.05, 4.69) is 4.72 Å². The molecule has 0 saturated heterocycles. The second kappa shape index (κ2) is 4.47. The van der Waals surface area contributed by atoms with Gasteiger partial charge in [0.1, 0.15) is 0 Å². The van der Waals surface area contributed by atoms with Crippen LogP contribution in [0.3, 0.4) is 0 Å². The predicted octanol–water partition coefficient (Wildman–Crippen LogP) is 1.64. The van der Waals surface area contributed by atoms with Gasteiger partial charge in [0.15, 0.2) is 0 Å². The van der Waals surface area contributed by atoms with E-state index in [4.69, 9.17) is 5.26 Å². The Balaban J connectivity index is 2.16. The van der Waals surface area contributed by atoms with E-state index in [-0.39, 0.29) is 10.9 Å². The average molecular weight is 250 g/mol. The number of nitrogens with one attached hydrogen (secondary N) is 1. The van der Waals surface area contributed by atoms with Crippen molar-refractivity contribution in [3.05, 3.63) is 29.8 Å². The Morgan fingerprint density at radius 3 is 2.41 bits per heavy atom. The number of rotatable bonds is 4. The van der Waals surface area contributed by atoms with Crippen LogP contribution in [0.25, 0.3) is 0 Å². The lowest BCUT2D eigenvalue weighted by atomic mass is 10.2. The normalized spacial score (nSPS) is 17.4. The van der Waals surface area contributed by atoms with Gasteiger partial charge in [-0.2, -0.15) is 5.26 Å². The third-order valence-electron chi connectivity index (χ3n) is 2.96. The first-order valence-corrected chi connectivity index (χ1v) is 7.04. The minimum Gasteiger partial charge on any atom is -0.208 e. The quantitative estimate of drug-likeness (QED) is 0.883. The van der Waals surface area contributed by atoms with Crippen LogP contribution >= 0.6 is 0 Å². The average Bonchev–Trinajstić information content (AvgIpc) is 3.12. The van der Waals surface area contributed by atoms with Gasteiger partial charge in [0.05, 0.1) is 16.5 Å². The molecule has 0 aliphatic heterocycles. The summed E-state index contributed by atoms with van der Waals surface area (Å²) in [5.41, 5.74) is 0.458. The number of sulfonamides is 1. The second-order valence-electron chi connectivity index (χ2n) is 4.38. The molecule has 1 aliphatic carbocycles. The highest BCUT2D eigenvalue weighted by molar-refractivity contribution is 7.89. The van der Waals surface area contributed by atoms with Gasteiger partial charge < -0.3 is 0 Å². The Bertz CT molecular complexity index is 539. The number of benzene rings is 1. The van der Waals surface area contributed by atoms with Crippen LogP contribution in [-0.4, -0.2) is 14.5 Å². The van der Waals surface area contributed by atoms with Crippen LogP contribution < -0.4 is 4.72 Å². The Hall–Kier alpha value is -1.38. The van der Waals surface area contributed by atoms with Crippen LogP contribution in [0.1, 0.15) is 25.3 Å². The van der Waals surface area contributed by atoms with Crippen molar-refractivity contribution in [2.24, 2.45) is 5.92 Å². The zero-order valence-corrected chi connectivity index (χ0v) is 10.4. The Labute approximate surface area is 101 Å². The van der Waals surface area contributed by atoms with E-state index >= 15 is 0 Å². The van der Waals surface area contributed by atoms with E-state index in [0.29, 0.717) is 11.5 Å². The molecule has 1 aromatic rings. The van der Waals surface area contributed by atoms with Crippen LogP contribution in [0.2, 0.25) is 0 Å². The van der Waals surface area contributed by atoms with Crippen molar-refractivity contribution in [1.29, 1.82) is 5.26 Å². The van der Waals surface area contributed by atoms with Gasteiger partial charge in [-0.3, -0.25) is 0 Å². The maximum atomic E-state index is 12.0. The summed E-state index contributed by atoms with van der Waals surface area (Å²) in [5, 5.41) is 8.64. The Morgan fingerprint density at radius 2 is 1.94 bits per heavy atom. The first-order valence-electron chi connectivity index (χ1n) is 5.55. The fourth-order valence-corrected chi connectivity index (χ4v) is 3.03. The van der Waals surface area contributed by atoms with Crippen LogP contribution in [0.4, 0.5) is 0 Å². The van der Waals surface area contributed by atoms with E-state index in [1.54, 1.807) is 0 Å². The lowest BCUT2D eigenvalue weighted by Gasteiger charge is -2.13. The van der Waals surface area contributed by atoms with Crippen molar-refractivity contribution >= 4 is 10.0 Å². The standard InChI is InChI=1S/C12H14N2O2S/c1-9(11-4-5-11)14-17(15,16)12-6-2-10(8-13)3-7-12/h2-3,6-7,9,11,14H,4-5H2,1H3/t9-/m0/s1. The molecular weight excluding hydrogens is 236 g/mol. The van der Waals surface area contributed by atoms with Gasteiger partial charge >= 0.3 is 0 Å². The maximum Gasteiger partial charge on any atom is 0.240 e. The Kier molecular flexibility index (Phi) is 3.18. The first kappa shape index (κ1) is 12.1. The summed E-state index contributed by atoms with van der Waals surface area (Å²) >= 11 is 0. The molecule has 1 fully saturated rings. The lowest BCUT2D eigenvalue weighted by Crippen LogP contribution is -2.33.